The van der Waals surface area contributed by atoms with Gasteiger partial charge in [0.05, 0.1) is 5.41 Å². The van der Waals surface area contributed by atoms with Crippen LogP contribution in [0.5, 0.6) is 0 Å². The lowest BCUT2D eigenvalue weighted by molar-refractivity contribution is 0.770. The zero-order valence-corrected chi connectivity index (χ0v) is 23.7. The Labute approximate surface area is 251 Å². The van der Waals surface area contributed by atoms with Crippen molar-refractivity contribution in [2.24, 2.45) is 0 Å². The van der Waals surface area contributed by atoms with E-state index in [0.717, 1.165) is 15.8 Å². The number of benzene rings is 7. The molecule has 0 bridgehead atoms. The Kier molecular flexibility index (Phi) is 5.84. The molecule has 42 heavy (non-hydrogen) atoms. The average Bonchev–Trinajstić information content (AvgIpc) is 3.36. The fourth-order valence-electron chi connectivity index (χ4n) is 7.03. The van der Waals surface area contributed by atoms with Gasteiger partial charge in [-0.3, -0.25) is 0 Å². The Hall–Kier alpha value is -4.91. The third kappa shape index (κ3) is 3.69. The molecule has 0 aromatic heterocycles. The van der Waals surface area contributed by atoms with Crippen LogP contribution in [0.1, 0.15) is 22.3 Å². The standard InChI is InChI=1S/C41H27Cl/c42-40-23-11-14-31-27-29(24-25-34(31)40)28-12-10-13-30(26-28)33-17-4-7-20-37(33)41(32-15-2-1-3-16-32)38-21-8-5-18-35(38)36-19-6-9-22-39(36)41/h1-27H. The maximum Gasteiger partial charge on any atom is 0.0719 e. The summed E-state index contributed by atoms with van der Waals surface area (Å²) in [7, 11) is 0. The monoisotopic (exact) mass is 554 g/mol. The third-order valence-electron chi connectivity index (χ3n) is 8.82. The Morgan fingerprint density at radius 2 is 0.929 bits per heavy atom. The van der Waals surface area contributed by atoms with Crippen molar-refractivity contribution in [3.05, 3.63) is 191 Å². The Balaban J connectivity index is 1.38. The van der Waals surface area contributed by atoms with Crippen molar-refractivity contribution < 1.29 is 0 Å². The van der Waals surface area contributed by atoms with Crippen molar-refractivity contribution in [1.29, 1.82) is 0 Å². The minimum Gasteiger partial charge on any atom is -0.0837 e. The number of hydrogen-bond acceptors (Lipinski definition) is 0. The van der Waals surface area contributed by atoms with Gasteiger partial charge in [-0.1, -0.05) is 157 Å². The highest BCUT2D eigenvalue weighted by Gasteiger charge is 2.46. The van der Waals surface area contributed by atoms with Crippen LogP contribution in [0, 0.1) is 0 Å². The van der Waals surface area contributed by atoms with Gasteiger partial charge in [-0.25, -0.2) is 0 Å². The SMILES string of the molecule is Clc1cccc2cc(-c3cccc(-c4ccccc4C4(c5ccccc5)c5ccccc5-c5ccccc54)c3)ccc12. The number of halogens is 1. The van der Waals surface area contributed by atoms with Crippen molar-refractivity contribution in [2.45, 2.75) is 5.41 Å². The Morgan fingerprint density at radius 1 is 0.381 bits per heavy atom. The maximum absolute atomic E-state index is 6.48. The van der Waals surface area contributed by atoms with E-state index in [9.17, 15) is 0 Å². The fourth-order valence-corrected chi connectivity index (χ4v) is 7.28. The van der Waals surface area contributed by atoms with Gasteiger partial charge in [-0.2, -0.15) is 0 Å². The van der Waals surface area contributed by atoms with Crippen LogP contribution in [0.4, 0.5) is 0 Å². The molecule has 0 fully saturated rings. The molecule has 0 unspecified atom stereocenters. The first-order valence-corrected chi connectivity index (χ1v) is 14.8. The molecule has 0 radical (unpaired) electrons. The van der Waals surface area contributed by atoms with E-state index in [0.29, 0.717) is 0 Å². The molecule has 0 saturated heterocycles. The predicted molar refractivity (Wildman–Crippen MR) is 177 cm³/mol. The molecular formula is C41H27Cl. The number of rotatable bonds is 4. The molecule has 0 spiro atoms. The van der Waals surface area contributed by atoms with Gasteiger partial charge in [0, 0.05) is 10.4 Å². The molecule has 8 rings (SSSR count). The van der Waals surface area contributed by atoms with Gasteiger partial charge in [-0.05, 0) is 79.2 Å². The highest BCUT2D eigenvalue weighted by atomic mass is 35.5. The molecule has 0 aliphatic heterocycles. The first-order chi connectivity index (χ1) is 20.7. The van der Waals surface area contributed by atoms with Crippen molar-refractivity contribution in [3.8, 4) is 33.4 Å². The van der Waals surface area contributed by atoms with Crippen molar-refractivity contribution in [1.82, 2.24) is 0 Å². The highest BCUT2D eigenvalue weighted by Crippen LogP contribution is 2.57. The van der Waals surface area contributed by atoms with Crippen LogP contribution in [0.25, 0.3) is 44.2 Å². The zero-order valence-electron chi connectivity index (χ0n) is 23.0. The van der Waals surface area contributed by atoms with E-state index in [4.69, 9.17) is 11.6 Å². The van der Waals surface area contributed by atoms with Crippen LogP contribution < -0.4 is 0 Å². The minimum absolute atomic E-state index is 0.444. The summed E-state index contributed by atoms with van der Waals surface area (Å²) in [6.45, 7) is 0. The van der Waals surface area contributed by atoms with Gasteiger partial charge in [-0.15, -0.1) is 0 Å². The van der Waals surface area contributed by atoms with E-state index in [1.54, 1.807) is 0 Å². The lowest BCUT2D eigenvalue weighted by Crippen LogP contribution is -2.29. The van der Waals surface area contributed by atoms with Gasteiger partial charge >= 0.3 is 0 Å². The van der Waals surface area contributed by atoms with Gasteiger partial charge in [0.1, 0.15) is 0 Å². The van der Waals surface area contributed by atoms with Crippen molar-refractivity contribution in [2.75, 3.05) is 0 Å². The summed E-state index contributed by atoms with van der Waals surface area (Å²) >= 11 is 6.48. The van der Waals surface area contributed by atoms with E-state index in [2.05, 4.69) is 152 Å². The molecule has 1 aliphatic rings. The fraction of sp³-hybridized carbons (Fsp3) is 0.0244. The Bertz CT molecular complexity index is 2060. The first kappa shape index (κ1) is 24.9. The summed E-state index contributed by atoms with van der Waals surface area (Å²) in [5, 5.41) is 3.01. The maximum atomic E-state index is 6.48. The van der Waals surface area contributed by atoms with Crippen LogP contribution >= 0.6 is 11.6 Å². The van der Waals surface area contributed by atoms with Crippen molar-refractivity contribution in [3.63, 3.8) is 0 Å². The van der Waals surface area contributed by atoms with Crippen LogP contribution in [0.15, 0.2) is 164 Å². The molecule has 1 heteroatoms. The molecule has 0 nitrogen and oxygen atoms in total. The summed E-state index contributed by atoms with van der Waals surface area (Å²) in [5.41, 5.74) is 12.2. The van der Waals surface area contributed by atoms with Gasteiger partial charge in [0.15, 0.2) is 0 Å². The van der Waals surface area contributed by atoms with E-state index in [1.165, 1.54) is 55.6 Å². The largest absolute Gasteiger partial charge is 0.0837 e. The molecule has 198 valence electrons. The van der Waals surface area contributed by atoms with E-state index in [-0.39, 0.29) is 0 Å². The topological polar surface area (TPSA) is 0 Å². The minimum atomic E-state index is -0.444. The van der Waals surface area contributed by atoms with Crippen LogP contribution in [-0.4, -0.2) is 0 Å². The van der Waals surface area contributed by atoms with E-state index >= 15 is 0 Å². The average molecular weight is 555 g/mol. The van der Waals surface area contributed by atoms with Gasteiger partial charge in [0.25, 0.3) is 0 Å². The first-order valence-electron chi connectivity index (χ1n) is 14.4. The summed E-state index contributed by atoms with van der Waals surface area (Å²) < 4.78 is 0. The number of fused-ring (bicyclic) bond motifs is 4. The third-order valence-corrected chi connectivity index (χ3v) is 9.15. The highest BCUT2D eigenvalue weighted by molar-refractivity contribution is 6.35. The second-order valence-electron chi connectivity index (χ2n) is 11.0. The summed E-state index contributed by atoms with van der Waals surface area (Å²) in [4.78, 5) is 0. The van der Waals surface area contributed by atoms with Crippen LogP contribution in [0.2, 0.25) is 5.02 Å². The van der Waals surface area contributed by atoms with Gasteiger partial charge in [0.2, 0.25) is 0 Å². The smallest absolute Gasteiger partial charge is 0.0719 e. The molecule has 1 aliphatic carbocycles. The zero-order chi connectivity index (χ0) is 28.1. The van der Waals surface area contributed by atoms with Gasteiger partial charge < -0.3 is 0 Å². The molecule has 0 atom stereocenters. The molecule has 7 aromatic rings. The molecule has 0 saturated carbocycles. The molecule has 0 heterocycles. The molecular weight excluding hydrogens is 528 g/mol. The lowest BCUT2D eigenvalue weighted by atomic mass is 9.66. The van der Waals surface area contributed by atoms with Crippen LogP contribution in [-0.2, 0) is 5.41 Å². The molecule has 0 N–H and O–H groups in total. The summed E-state index contributed by atoms with van der Waals surface area (Å²) in [5.74, 6) is 0. The van der Waals surface area contributed by atoms with Crippen molar-refractivity contribution >= 4 is 22.4 Å². The Morgan fingerprint density at radius 3 is 1.64 bits per heavy atom. The van der Waals surface area contributed by atoms with Crippen LogP contribution in [0.3, 0.4) is 0 Å². The normalized spacial score (nSPS) is 13.1. The quantitative estimate of drug-likeness (QED) is 0.203. The second kappa shape index (κ2) is 9.87. The molecule has 0 amide bonds. The molecule has 7 aromatic carbocycles. The van der Waals surface area contributed by atoms with E-state index < -0.39 is 5.41 Å². The van der Waals surface area contributed by atoms with E-state index in [1.807, 2.05) is 12.1 Å². The second-order valence-corrected chi connectivity index (χ2v) is 11.4. The predicted octanol–water partition coefficient (Wildman–Crippen LogP) is 11.2. The number of hydrogen-bond donors (Lipinski definition) is 0. The summed E-state index contributed by atoms with van der Waals surface area (Å²) in [6, 6.07) is 59.4. The summed E-state index contributed by atoms with van der Waals surface area (Å²) in [6.07, 6.45) is 0. The lowest BCUT2D eigenvalue weighted by Gasteiger charge is -2.35.